The van der Waals surface area contributed by atoms with Crippen molar-refractivity contribution < 1.29 is 14.3 Å². The van der Waals surface area contributed by atoms with Crippen LogP contribution in [0.3, 0.4) is 0 Å². The Balaban J connectivity index is 1.96. The number of likely N-dealkylation sites (tertiary alicyclic amines) is 1. The number of ketones is 1. The molecule has 0 saturated carbocycles. The lowest BCUT2D eigenvalue weighted by molar-refractivity contribution is -0.119. The Morgan fingerprint density at radius 2 is 1.75 bits per heavy atom. The molecule has 1 amide bonds. The summed E-state index contributed by atoms with van der Waals surface area (Å²) in [5, 5.41) is 0. The van der Waals surface area contributed by atoms with Crippen LogP contribution in [0, 0.1) is 9.49 Å². The normalized spacial score (nSPS) is 18.9. The van der Waals surface area contributed by atoms with Crippen molar-refractivity contribution in [3.05, 3.63) is 74.5 Å². The summed E-state index contributed by atoms with van der Waals surface area (Å²) < 4.78 is 6.56. The highest BCUT2D eigenvalue weighted by Gasteiger charge is 2.47. The third-order valence-corrected chi connectivity index (χ3v) is 6.89. The molecule has 2 aliphatic rings. The molecule has 32 heavy (non-hydrogen) atoms. The maximum Gasteiger partial charge on any atom is 0.275 e. The highest BCUT2D eigenvalue weighted by atomic mass is 127. The number of halogens is 1. The molecule has 1 unspecified atom stereocenters. The van der Waals surface area contributed by atoms with Crippen LogP contribution in [0.15, 0.2) is 59.8 Å². The molecule has 5 nitrogen and oxygen atoms in total. The Kier molecular flexibility index (Phi) is 7.00. The fourth-order valence-corrected chi connectivity index (χ4v) is 5.02. The average molecular weight is 544 g/mol. The van der Waals surface area contributed by atoms with Crippen LogP contribution in [-0.2, 0) is 20.9 Å². The second-order valence-electron chi connectivity index (χ2n) is 8.66. The lowest BCUT2D eigenvalue weighted by Crippen LogP contribution is -2.34. The molecular formula is C26H29IN2O3. The highest BCUT2D eigenvalue weighted by Crippen LogP contribution is 2.45. The van der Waals surface area contributed by atoms with Gasteiger partial charge in [-0.2, -0.15) is 0 Å². The van der Waals surface area contributed by atoms with Gasteiger partial charge in [0.1, 0.15) is 5.70 Å². The van der Waals surface area contributed by atoms with Crippen LogP contribution in [0.2, 0.25) is 0 Å². The van der Waals surface area contributed by atoms with Crippen LogP contribution in [0.25, 0.3) is 0 Å². The van der Waals surface area contributed by atoms with Gasteiger partial charge in [-0.05, 0) is 70.8 Å². The molecule has 6 heteroatoms. The van der Waals surface area contributed by atoms with Gasteiger partial charge in [0, 0.05) is 35.4 Å². The molecule has 4 rings (SSSR count). The van der Waals surface area contributed by atoms with E-state index in [-0.39, 0.29) is 17.6 Å². The van der Waals surface area contributed by atoms with Crippen LogP contribution in [-0.4, -0.2) is 36.8 Å². The minimum atomic E-state index is -0.473. The largest absolute Gasteiger partial charge is 0.380 e. The number of carbonyl (C=O) groups is 2. The van der Waals surface area contributed by atoms with Crippen molar-refractivity contribution in [1.29, 1.82) is 0 Å². The fraction of sp³-hybridized carbons (Fsp3) is 0.385. The van der Waals surface area contributed by atoms with Gasteiger partial charge < -0.3 is 9.64 Å². The van der Waals surface area contributed by atoms with E-state index in [0.717, 1.165) is 46.3 Å². The molecule has 1 fully saturated rings. The van der Waals surface area contributed by atoms with Crippen molar-refractivity contribution in [2.75, 3.05) is 25.1 Å². The van der Waals surface area contributed by atoms with E-state index < -0.39 is 6.04 Å². The van der Waals surface area contributed by atoms with Gasteiger partial charge in [-0.1, -0.05) is 38.1 Å². The van der Waals surface area contributed by atoms with Gasteiger partial charge in [-0.3, -0.25) is 14.5 Å². The number of nitrogens with zero attached hydrogens (tertiary/aromatic N) is 2. The third kappa shape index (κ3) is 4.22. The van der Waals surface area contributed by atoms with Gasteiger partial charge in [-0.25, -0.2) is 0 Å². The molecule has 2 aromatic rings. The van der Waals surface area contributed by atoms with E-state index in [0.29, 0.717) is 17.9 Å². The van der Waals surface area contributed by atoms with Crippen LogP contribution in [0.5, 0.6) is 0 Å². The smallest absolute Gasteiger partial charge is 0.275 e. The standard InChI is InChI=1S/C26H29IN2O3/c1-17(2)25(30)22-23(21-9-5-4-8-18(21)16-32-3)29(20-12-10-19(27)11-13-20)26(31)24(22)28-14-6-7-15-28/h4-5,8-13,17,23H,6-7,14-16H2,1-3H3. The summed E-state index contributed by atoms with van der Waals surface area (Å²) in [5.74, 6) is -0.260. The summed E-state index contributed by atoms with van der Waals surface area (Å²) in [4.78, 5) is 31.6. The maximum absolute atomic E-state index is 14.0. The first kappa shape index (κ1) is 23.0. The van der Waals surface area contributed by atoms with E-state index >= 15 is 0 Å². The topological polar surface area (TPSA) is 49.9 Å². The fourth-order valence-electron chi connectivity index (χ4n) is 4.66. The molecule has 1 saturated heterocycles. The van der Waals surface area contributed by atoms with Crippen molar-refractivity contribution in [2.45, 2.75) is 39.3 Å². The zero-order valence-corrected chi connectivity index (χ0v) is 21.0. The van der Waals surface area contributed by atoms with Crippen molar-refractivity contribution >= 4 is 40.0 Å². The Morgan fingerprint density at radius 1 is 1.09 bits per heavy atom. The molecule has 0 aromatic heterocycles. The summed E-state index contributed by atoms with van der Waals surface area (Å²) in [6, 6.07) is 15.4. The number of benzene rings is 2. The number of ether oxygens (including phenoxy) is 1. The Labute approximate surface area is 203 Å². The van der Waals surface area contributed by atoms with Gasteiger partial charge in [0.25, 0.3) is 5.91 Å². The number of Topliss-reactive ketones (excluding diaryl/α,β-unsaturated/α-hetero) is 1. The van der Waals surface area contributed by atoms with E-state index in [1.165, 1.54) is 0 Å². The Morgan fingerprint density at radius 3 is 2.38 bits per heavy atom. The Hall–Kier alpha value is -2.19. The summed E-state index contributed by atoms with van der Waals surface area (Å²) in [7, 11) is 1.67. The first-order chi connectivity index (χ1) is 15.4. The number of anilines is 1. The van der Waals surface area contributed by atoms with Gasteiger partial charge in [0.15, 0.2) is 5.78 Å². The number of hydrogen-bond donors (Lipinski definition) is 0. The molecular weight excluding hydrogens is 515 g/mol. The second kappa shape index (κ2) is 9.75. The number of methoxy groups -OCH3 is 1. The van der Waals surface area contributed by atoms with E-state index in [9.17, 15) is 9.59 Å². The molecule has 0 spiro atoms. The maximum atomic E-state index is 14.0. The van der Waals surface area contributed by atoms with Crippen molar-refractivity contribution in [2.24, 2.45) is 5.92 Å². The SMILES string of the molecule is COCc1ccccc1C1C(C(=O)C(C)C)=C(N2CCCC2)C(=O)N1c1ccc(I)cc1. The minimum Gasteiger partial charge on any atom is -0.380 e. The summed E-state index contributed by atoms with van der Waals surface area (Å²) in [5.41, 5.74) is 3.93. The molecule has 2 heterocycles. The van der Waals surface area contributed by atoms with Crippen LogP contribution in [0.4, 0.5) is 5.69 Å². The molecule has 1 atom stereocenters. The van der Waals surface area contributed by atoms with E-state index in [1.54, 1.807) is 7.11 Å². The number of carbonyl (C=O) groups excluding carboxylic acids is 2. The van der Waals surface area contributed by atoms with E-state index in [2.05, 4.69) is 27.5 Å². The minimum absolute atomic E-state index is 0.0329. The average Bonchev–Trinajstić information content (AvgIpc) is 3.40. The highest BCUT2D eigenvalue weighted by molar-refractivity contribution is 14.1. The van der Waals surface area contributed by atoms with Gasteiger partial charge in [-0.15, -0.1) is 0 Å². The second-order valence-corrected chi connectivity index (χ2v) is 9.91. The summed E-state index contributed by atoms with van der Waals surface area (Å²) >= 11 is 2.26. The molecule has 0 bridgehead atoms. The number of amides is 1. The van der Waals surface area contributed by atoms with Crippen molar-refractivity contribution in [1.82, 2.24) is 4.90 Å². The van der Waals surface area contributed by atoms with Crippen molar-refractivity contribution in [3.8, 4) is 0 Å². The lowest BCUT2D eigenvalue weighted by atomic mass is 9.88. The lowest BCUT2D eigenvalue weighted by Gasteiger charge is -2.29. The first-order valence-corrected chi connectivity index (χ1v) is 12.2. The predicted octanol–water partition coefficient (Wildman–Crippen LogP) is 5.10. The Bertz CT molecular complexity index is 1040. The third-order valence-electron chi connectivity index (χ3n) is 6.17. The molecule has 2 aliphatic heterocycles. The predicted molar refractivity (Wildman–Crippen MR) is 134 cm³/mol. The molecule has 168 valence electrons. The van der Waals surface area contributed by atoms with E-state index in [1.807, 2.05) is 67.3 Å². The van der Waals surface area contributed by atoms with Gasteiger partial charge >= 0.3 is 0 Å². The molecule has 0 aliphatic carbocycles. The van der Waals surface area contributed by atoms with Gasteiger partial charge in [0.2, 0.25) is 0 Å². The van der Waals surface area contributed by atoms with E-state index in [4.69, 9.17) is 4.74 Å². The first-order valence-electron chi connectivity index (χ1n) is 11.1. The number of rotatable bonds is 7. The van der Waals surface area contributed by atoms with Crippen LogP contribution >= 0.6 is 22.6 Å². The monoisotopic (exact) mass is 544 g/mol. The molecule has 0 N–H and O–H groups in total. The zero-order chi connectivity index (χ0) is 22.8. The zero-order valence-electron chi connectivity index (χ0n) is 18.8. The summed E-state index contributed by atoms with van der Waals surface area (Å²) in [6.45, 7) is 5.86. The van der Waals surface area contributed by atoms with Crippen LogP contribution < -0.4 is 4.90 Å². The van der Waals surface area contributed by atoms with Crippen LogP contribution in [0.1, 0.15) is 43.9 Å². The quantitative estimate of drug-likeness (QED) is 0.456. The number of hydrogen-bond acceptors (Lipinski definition) is 4. The van der Waals surface area contributed by atoms with Gasteiger partial charge in [0.05, 0.1) is 18.2 Å². The molecule has 0 radical (unpaired) electrons. The summed E-state index contributed by atoms with van der Waals surface area (Å²) in [6.07, 6.45) is 2.07. The molecule has 2 aromatic carbocycles. The van der Waals surface area contributed by atoms with Crippen molar-refractivity contribution in [3.63, 3.8) is 0 Å².